The molecule has 1 unspecified atom stereocenters. The van der Waals surface area contributed by atoms with Gasteiger partial charge in [-0.15, -0.1) is 0 Å². The van der Waals surface area contributed by atoms with Crippen molar-refractivity contribution in [3.8, 4) is 11.5 Å². The number of carbonyl (C=O) groups excluding carboxylic acids is 2. The van der Waals surface area contributed by atoms with Crippen LogP contribution >= 0.6 is 0 Å². The van der Waals surface area contributed by atoms with Gasteiger partial charge in [-0.3, -0.25) is 9.59 Å². The van der Waals surface area contributed by atoms with Gasteiger partial charge in [0.15, 0.2) is 0 Å². The number of ether oxygens (including phenoxy) is 2. The van der Waals surface area contributed by atoms with Gasteiger partial charge < -0.3 is 19.7 Å². The minimum atomic E-state index is -0.327. The van der Waals surface area contributed by atoms with Gasteiger partial charge in [0.05, 0.1) is 19.1 Å². The Balaban J connectivity index is 1.47. The Bertz CT molecular complexity index is 831. The zero-order valence-corrected chi connectivity index (χ0v) is 17.2. The molecule has 2 aromatic carbocycles. The molecular formula is C23H28N2O4. The first-order valence-corrected chi connectivity index (χ1v) is 9.94. The molecule has 29 heavy (non-hydrogen) atoms. The van der Waals surface area contributed by atoms with Gasteiger partial charge in [0.1, 0.15) is 11.5 Å². The summed E-state index contributed by atoms with van der Waals surface area (Å²) in [5.74, 6) is 1.14. The van der Waals surface area contributed by atoms with Gasteiger partial charge in [0.2, 0.25) is 11.8 Å². The van der Waals surface area contributed by atoms with E-state index in [1.807, 2.05) is 62.4 Å². The summed E-state index contributed by atoms with van der Waals surface area (Å²) in [6, 6.07) is 15.2. The highest BCUT2D eigenvalue weighted by molar-refractivity contribution is 6.00. The first kappa shape index (κ1) is 20.7. The van der Waals surface area contributed by atoms with E-state index in [4.69, 9.17) is 9.47 Å². The third-order valence-corrected chi connectivity index (χ3v) is 4.89. The zero-order valence-electron chi connectivity index (χ0n) is 17.2. The highest BCUT2D eigenvalue weighted by Gasteiger charge is 2.34. The second kappa shape index (κ2) is 9.45. The number of hydrogen-bond donors (Lipinski definition) is 1. The van der Waals surface area contributed by atoms with E-state index in [-0.39, 0.29) is 30.3 Å². The van der Waals surface area contributed by atoms with E-state index in [0.717, 1.165) is 29.2 Å². The van der Waals surface area contributed by atoms with Gasteiger partial charge in [0.25, 0.3) is 0 Å². The second-order valence-electron chi connectivity index (χ2n) is 7.46. The molecular weight excluding hydrogens is 368 g/mol. The molecule has 0 aliphatic carbocycles. The SMILES string of the molecule is COc1ccc(N2CC(C(=O)NCCc3ccc(OC(C)C)cc3)CC2=O)cc1. The smallest absolute Gasteiger partial charge is 0.227 e. The standard InChI is InChI=1S/C23H28N2O4/c1-16(2)29-21-8-4-17(5-9-21)12-13-24-23(27)18-14-22(26)25(15-18)19-6-10-20(28-3)11-7-19/h4-11,16,18H,12-15H2,1-3H3,(H,24,27). The van der Waals surface area contributed by atoms with Gasteiger partial charge in [0, 0.05) is 25.2 Å². The fourth-order valence-electron chi connectivity index (χ4n) is 3.38. The van der Waals surface area contributed by atoms with Gasteiger partial charge in [-0.05, 0) is 62.2 Å². The number of carbonyl (C=O) groups is 2. The number of rotatable bonds is 8. The summed E-state index contributed by atoms with van der Waals surface area (Å²) in [5, 5.41) is 2.96. The molecule has 0 radical (unpaired) electrons. The first-order valence-electron chi connectivity index (χ1n) is 9.94. The molecule has 0 saturated carbocycles. The molecule has 154 valence electrons. The van der Waals surface area contributed by atoms with Crippen LogP contribution in [-0.2, 0) is 16.0 Å². The van der Waals surface area contributed by atoms with E-state index in [1.165, 1.54) is 0 Å². The van der Waals surface area contributed by atoms with Crippen LogP contribution in [0.1, 0.15) is 25.8 Å². The van der Waals surface area contributed by atoms with Crippen LogP contribution in [-0.4, -0.2) is 38.1 Å². The van der Waals surface area contributed by atoms with Crippen LogP contribution in [0.3, 0.4) is 0 Å². The van der Waals surface area contributed by atoms with Crippen molar-refractivity contribution in [1.82, 2.24) is 5.32 Å². The average Bonchev–Trinajstić information content (AvgIpc) is 3.10. The molecule has 0 spiro atoms. The summed E-state index contributed by atoms with van der Waals surface area (Å²) in [6.45, 7) is 4.93. The predicted molar refractivity (Wildman–Crippen MR) is 112 cm³/mol. The van der Waals surface area contributed by atoms with E-state index in [0.29, 0.717) is 13.1 Å². The van der Waals surface area contributed by atoms with E-state index < -0.39 is 0 Å². The van der Waals surface area contributed by atoms with Crippen LogP contribution in [0.25, 0.3) is 0 Å². The molecule has 1 saturated heterocycles. The first-order chi connectivity index (χ1) is 14.0. The molecule has 0 aromatic heterocycles. The fourth-order valence-corrected chi connectivity index (χ4v) is 3.38. The van der Waals surface area contributed by atoms with Crippen molar-refractivity contribution in [2.45, 2.75) is 32.8 Å². The van der Waals surface area contributed by atoms with Crippen molar-refractivity contribution in [1.29, 1.82) is 0 Å². The zero-order chi connectivity index (χ0) is 20.8. The Morgan fingerprint density at radius 1 is 1.10 bits per heavy atom. The summed E-state index contributed by atoms with van der Waals surface area (Å²) in [4.78, 5) is 26.5. The lowest BCUT2D eigenvalue weighted by Crippen LogP contribution is -2.34. The maximum absolute atomic E-state index is 12.5. The Morgan fingerprint density at radius 3 is 2.38 bits per heavy atom. The number of nitrogens with zero attached hydrogens (tertiary/aromatic N) is 1. The molecule has 2 aromatic rings. The minimum Gasteiger partial charge on any atom is -0.497 e. The van der Waals surface area contributed by atoms with Crippen LogP contribution in [0, 0.1) is 5.92 Å². The lowest BCUT2D eigenvalue weighted by atomic mass is 10.1. The lowest BCUT2D eigenvalue weighted by molar-refractivity contribution is -0.126. The Morgan fingerprint density at radius 2 is 1.76 bits per heavy atom. The van der Waals surface area contributed by atoms with E-state index >= 15 is 0 Å². The maximum Gasteiger partial charge on any atom is 0.227 e. The predicted octanol–water partition coefficient (Wildman–Crippen LogP) is 3.19. The Labute approximate surface area is 171 Å². The summed E-state index contributed by atoms with van der Waals surface area (Å²) >= 11 is 0. The molecule has 6 nitrogen and oxygen atoms in total. The molecule has 3 rings (SSSR count). The van der Waals surface area contributed by atoms with Crippen LogP contribution in [0.4, 0.5) is 5.69 Å². The quantitative estimate of drug-likeness (QED) is 0.744. The van der Waals surface area contributed by atoms with Crippen molar-refractivity contribution in [3.05, 3.63) is 54.1 Å². The van der Waals surface area contributed by atoms with E-state index in [9.17, 15) is 9.59 Å². The van der Waals surface area contributed by atoms with Gasteiger partial charge in [-0.25, -0.2) is 0 Å². The average molecular weight is 396 g/mol. The van der Waals surface area contributed by atoms with Gasteiger partial charge in [-0.1, -0.05) is 12.1 Å². The lowest BCUT2D eigenvalue weighted by Gasteiger charge is -2.17. The van der Waals surface area contributed by atoms with Gasteiger partial charge in [-0.2, -0.15) is 0 Å². The van der Waals surface area contributed by atoms with Crippen molar-refractivity contribution < 1.29 is 19.1 Å². The van der Waals surface area contributed by atoms with Crippen LogP contribution in [0.5, 0.6) is 11.5 Å². The van der Waals surface area contributed by atoms with Crippen LogP contribution < -0.4 is 19.7 Å². The highest BCUT2D eigenvalue weighted by atomic mass is 16.5. The maximum atomic E-state index is 12.5. The van der Waals surface area contributed by atoms with Crippen molar-refractivity contribution in [2.24, 2.45) is 5.92 Å². The molecule has 1 aliphatic heterocycles. The van der Waals surface area contributed by atoms with E-state index in [2.05, 4.69) is 5.32 Å². The summed E-state index contributed by atoms with van der Waals surface area (Å²) < 4.78 is 10.8. The summed E-state index contributed by atoms with van der Waals surface area (Å²) in [7, 11) is 1.60. The Hall–Kier alpha value is -3.02. The third-order valence-electron chi connectivity index (χ3n) is 4.89. The van der Waals surface area contributed by atoms with Crippen LogP contribution in [0.15, 0.2) is 48.5 Å². The molecule has 1 N–H and O–H groups in total. The normalized spacial score (nSPS) is 16.2. The summed E-state index contributed by atoms with van der Waals surface area (Å²) in [6.07, 6.45) is 1.11. The Kier molecular flexibility index (Phi) is 6.75. The number of methoxy groups -OCH3 is 1. The molecule has 6 heteroatoms. The highest BCUT2D eigenvalue weighted by Crippen LogP contribution is 2.27. The number of nitrogens with one attached hydrogen (secondary N) is 1. The molecule has 1 heterocycles. The van der Waals surface area contributed by atoms with Crippen molar-refractivity contribution in [2.75, 3.05) is 25.1 Å². The van der Waals surface area contributed by atoms with Gasteiger partial charge >= 0.3 is 0 Å². The molecule has 2 amide bonds. The minimum absolute atomic E-state index is 0.0314. The summed E-state index contributed by atoms with van der Waals surface area (Å²) in [5.41, 5.74) is 1.92. The fraction of sp³-hybridized carbons (Fsp3) is 0.391. The van der Waals surface area contributed by atoms with Crippen molar-refractivity contribution >= 4 is 17.5 Å². The van der Waals surface area contributed by atoms with Crippen LogP contribution in [0.2, 0.25) is 0 Å². The number of anilines is 1. The molecule has 1 fully saturated rings. The number of benzene rings is 2. The number of amides is 2. The molecule has 1 atom stereocenters. The monoisotopic (exact) mass is 396 g/mol. The topological polar surface area (TPSA) is 67.9 Å². The van der Waals surface area contributed by atoms with Crippen molar-refractivity contribution in [3.63, 3.8) is 0 Å². The van der Waals surface area contributed by atoms with E-state index in [1.54, 1.807) is 12.0 Å². The largest absolute Gasteiger partial charge is 0.497 e. The molecule has 1 aliphatic rings. The molecule has 0 bridgehead atoms. The second-order valence-corrected chi connectivity index (χ2v) is 7.46. The number of hydrogen-bond acceptors (Lipinski definition) is 4. The third kappa shape index (κ3) is 5.50.